The molecule has 13 rings (SSSR count). The minimum Gasteiger partial charge on any atom is -0.456 e. The van der Waals surface area contributed by atoms with E-state index in [0.29, 0.717) is 0 Å². The van der Waals surface area contributed by atoms with E-state index in [1.54, 1.807) is 0 Å². The Morgan fingerprint density at radius 3 is 1.59 bits per heavy atom. The lowest BCUT2D eigenvalue weighted by molar-refractivity contribution is 0.569. The molecule has 0 fully saturated rings. The highest BCUT2D eigenvalue weighted by molar-refractivity contribution is 6.16. The monoisotopic (exact) mass is 966 g/mol. The highest BCUT2D eigenvalue weighted by Crippen LogP contribution is 2.47. The number of nitrogens with zero attached hydrogens (tertiary/aromatic N) is 2. The molecule has 0 radical (unpaired) electrons. The summed E-state index contributed by atoms with van der Waals surface area (Å²) in [5, 5.41) is 7.19. The molecule has 2 aromatic heterocycles. The van der Waals surface area contributed by atoms with Gasteiger partial charge in [0.25, 0.3) is 0 Å². The third kappa shape index (κ3) is 8.07. The van der Waals surface area contributed by atoms with E-state index in [1.165, 1.54) is 66.0 Å². The van der Waals surface area contributed by atoms with Crippen molar-refractivity contribution in [3.05, 3.63) is 254 Å². The molecule has 11 aromatic carbocycles. The van der Waals surface area contributed by atoms with Crippen molar-refractivity contribution in [1.29, 1.82) is 0 Å². The molecule has 75 heavy (non-hydrogen) atoms. The predicted octanol–water partition coefficient (Wildman–Crippen LogP) is 20.6. The molecule has 3 nitrogen and oxygen atoms in total. The van der Waals surface area contributed by atoms with Crippen molar-refractivity contribution in [2.75, 3.05) is 4.90 Å². The molecule has 2 heterocycles. The fraction of sp³-hybridized carbons (Fsp3) is 0.111. The van der Waals surface area contributed by atoms with Crippen LogP contribution in [0.4, 0.5) is 17.1 Å². The van der Waals surface area contributed by atoms with Crippen molar-refractivity contribution in [3.63, 3.8) is 0 Å². The van der Waals surface area contributed by atoms with Crippen LogP contribution in [0.2, 0.25) is 0 Å². The van der Waals surface area contributed by atoms with Gasteiger partial charge in [-0.25, -0.2) is 0 Å². The van der Waals surface area contributed by atoms with Crippen LogP contribution in [0.15, 0.2) is 247 Å². The van der Waals surface area contributed by atoms with Crippen LogP contribution in [-0.2, 0) is 10.8 Å². The molecule has 13 aromatic rings. The lowest BCUT2D eigenvalue weighted by atomic mass is 9.78. The second-order valence-corrected chi connectivity index (χ2v) is 22.2. The van der Waals surface area contributed by atoms with E-state index in [9.17, 15) is 0 Å². The van der Waals surface area contributed by atoms with E-state index in [-0.39, 0.29) is 10.8 Å². The largest absolute Gasteiger partial charge is 0.456 e. The molecule has 362 valence electrons. The molecule has 0 N–H and O–H groups in total. The molecular weight excluding hydrogens is 909 g/mol. The molecular formula is C72H58N2O. The Morgan fingerprint density at radius 1 is 0.347 bits per heavy atom. The maximum atomic E-state index is 6.22. The zero-order valence-electron chi connectivity index (χ0n) is 43.4. The predicted molar refractivity (Wildman–Crippen MR) is 319 cm³/mol. The van der Waals surface area contributed by atoms with Crippen molar-refractivity contribution in [2.45, 2.75) is 52.4 Å². The van der Waals surface area contributed by atoms with Gasteiger partial charge in [0.05, 0.1) is 16.7 Å². The van der Waals surface area contributed by atoms with Crippen molar-refractivity contribution < 1.29 is 4.42 Å². The van der Waals surface area contributed by atoms with E-state index >= 15 is 0 Å². The number of aromatic nitrogens is 1. The van der Waals surface area contributed by atoms with Crippen LogP contribution in [-0.4, -0.2) is 4.57 Å². The average molecular weight is 967 g/mol. The van der Waals surface area contributed by atoms with Crippen LogP contribution < -0.4 is 4.90 Å². The molecule has 0 saturated carbocycles. The third-order valence-corrected chi connectivity index (χ3v) is 15.3. The second kappa shape index (κ2) is 17.9. The highest BCUT2D eigenvalue weighted by atomic mass is 16.3. The van der Waals surface area contributed by atoms with Gasteiger partial charge in [-0.05, 0) is 144 Å². The maximum absolute atomic E-state index is 6.22. The van der Waals surface area contributed by atoms with Gasteiger partial charge in [-0.2, -0.15) is 0 Å². The minimum atomic E-state index is -0.0183. The summed E-state index contributed by atoms with van der Waals surface area (Å²) in [6.07, 6.45) is 0. The minimum absolute atomic E-state index is 0.0183. The fourth-order valence-electron chi connectivity index (χ4n) is 11.4. The van der Waals surface area contributed by atoms with Gasteiger partial charge in [-0.15, -0.1) is 0 Å². The average Bonchev–Trinajstić information content (AvgIpc) is 4.00. The lowest BCUT2D eigenvalue weighted by Crippen LogP contribution is -2.16. The van der Waals surface area contributed by atoms with Crippen LogP contribution in [0.25, 0.3) is 105 Å². The summed E-state index contributed by atoms with van der Waals surface area (Å²) >= 11 is 0. The molecule has 0 atom stereocenters. The molecule has 0 aliphatic heterocycles. The van der Waals surface area contributed by atoms with Crippen LogP contribution in [0.5, 0.6) is 0 Å². The molecule has 0 aliphatic carbocycles. The van der Waals surface area contributed by atoms with Crippen molar-refractivity contribution in [2.24, 2.45) is 0 Å². The Balaban J connectivity index is 0.983. The van der Waals surface area contributed by atoms with Crippen molar-refractivity contribution >= 4 is 71.6 Å². The summed E-state index contributed by atoms with van der Waals surface area (Å²) in [5.74, 6) is 0. The van der Waals surface area contributed by atoms with E-state index in [0.717, 1.165) is 66.9 Å². The SMILES string of the molecule is CC(C)(C)c1cc(-c2cccc3cccc(-c4ccccc4N(c4ccc(-c5ccc6oc7ccccc7c6c5)cc4)c4ccc(-c5cccc6c5c5ccccc5n6-c5ccccc5)cc4)c23)cc(C(C)(C)C)c1. The zero-order chi connectivity index (χ0) is 51.0. The number of benzene rings is 11. The lowest BCUT2D eigenvalue weighted by Gasteiger charge is -2.29. The summed E-state index contributed by atoms with van der Waals surface area (Å²) in [5.41, 5.74) is 20.7. The highest BCUT2D eigenvalue weighted by Gasteiger charge is 2.25. The van der Waals surface area contributed by atoms with Crippen LogP contribution in [0.3, 0.4) is 0 Å². The normalized spacial score (nSPS) is 12.1. The van der Waals surface area contributed by atoms with Gasteiger partial charge >= 0.3 is 0 Å². The summed E-state index contributed by atoms with van der Waals surface area (Å²) in [4.78, 5) is 2.44. The van der Waals surface area contributed by atoms with Crippen molar-refractivity contribution in [1.82, 2.24) is 4.57 Å². The fourth-order valence-corrected chi connectivity index (χ4v) is 11.4. The molecule has 3 heteroatoms. The van der Waals surface area contributed by atoms with Crippen LogP contribution >= 0.6 is 0 Å². The second-order valence-electron chi connectivity index (χ2n) is 22.2. The van der Waals surface area contributed by atoms with Gasteiger partial charge in [0, 0.05) is 44.2 Å². The Hall–Kier alpha value is -8.92. The Bertz CT molecular complexity index is 4260. The Kier molecular flexibility index (Phi) is 11.0. The Morgan fingerprint density at radius 2 is 0.880 bits per heavy atom. The summed E-state index contributed by atoms with van der Waals surface area (Å²) in [6.45, 7) is 13.9. The molecule has 0 amide bonds. The van der Waals surface area contributed by atoms with Gasteiger partial charge in [0.2, 0.25) is 0 Å². The van der Waals surface area contributed by atoms with Crippen LogP contribution in [0, 0.1) is 0 Å². The molecule has 0 unspecified atom stereocenters. The molecule has 0 spiro atoms. The number of para-hydroxylation sites is 4. The first kappa shape index (κ1) is 45.9. The van der Waals surface area contributed by atoms with E-state index in [2.05, 4.69) is 282 Å². The van der Waals surface area contributed by atoms with E-state index in [4.69, 9.17) is 4.42 Å². The Labute approximate surface area is 439 Å². The first-order chi connectivity index (χ1) is 36.5. The molecule has 0 bridgehead atoms. The van der Waals surface area contributed by atoms with Crippen LogP contribution in [0.1, 0.15) is 52.7 Å². The van der Waals surface area contributed by atoms with Crippen molar-refractivity contribution in [3.8, 4) is 50.2 Å². The number of anilines is 3. The quantitative estimate of drug-likeness (QED) is 0.151. The smallest absolute Gasteiger partial charge is 0.135 e. The van der Waals surface area contributed by atoms with E-state index < -0.39 is 0 Å². The summed E-state index contributed by atoms with van der Waals surface area (Å²) < 4.78 is 8.62. The number of hydrogen-bond acceptors (Lipinski definition) is 2. The van der Waals surface area contributed by atoms with E-state index in [1.807, 2.05) is 12.1 Å². The zero-order valence-corrected chi connectivity index (χ0v) is 43.4. The molecule has 0 aliphatic rings. The molecule has 0 saturated heterocycles. The maximum Gasteiger partial charge on any atom is 0.135 e. The number of fused-ring (bicyclic) bond motifs is 7. The van der Waals surface area contributed by atoms with Gasteiger partial charge in [-0.1, -0.05) is 211 Å². The topological polar surface area (TPSA) is 21.3 Å². The first-order valence-electron chi connectivity index (χ1n) is 26.2. The number of furan rings is 1. The summed E-state index contributed by atoms with van der Waals surface area (Å²) in [6, 6.07) is 89.1. The van der Waals surface area contributed by atoms with Gasteiger partial charge in [0.15, 0.2) is 0 Å². The van der Waals surface area contributed by atoms with Gasteiger partial charge < -0.3 is 13.9 Å². The standard InChI is InChI=1S/C72H58N2O/c1-71(2,3)52-43-51(44-53(46-52)72(4,5)6)58-26-16-19-49-20-17-28-61(69(49)58)59-23-10-13-29-64(59)73(55-38-33-47(34-39-55)50-37-42-68-63(45-50)60-24-12-15-32-67(60)75-68)56-40-35-48(36-41-56)57-27-18-31-66-70(57)62-25-11-14-30-65(62)74(66)54-21-8-7-9-22-54/h7-46H,1-6H3. The summed E-state index contributed by atoms with van der Waals surface area (Å²) in [7, 11) is 0. The van der Waals surface area contributed by atoms with Gasteiger partial charge in [-0.3, -0.25) is 0 Å². The third-order valence-electron chi connectivity index (χ3n) is 15.3. The van der Waals surface area contributed by atoms with Gasteiger partial charge in [0.1, 0.15) is 11.2 Å². The number of hydrogen-bond donors (Lipinski definition) is 0. The number of rotatable bonds is 8. The first-order valence-corrected chi connectivity index (χ1v) is 26.2.